The summed E-state index contributed by atoms with van der Waals surface area (Å²) in [4.78, 5) is 10.4. The minimum Gasteiger partial charge on any atom is -0.228 e. The van der Waals surface area contributed by atoms with Crippen molar-refractivity contribution in [3.05, 3.63) is 194 Å². The van der Waals surface area contributed by atoms with E-state index in [1.807, 2.05) is 35.6 Å². The molecular weight excluding hydrogens is 661 g/mol. The van der Waals surface area contributed by atoms with Gasteiger partial charge >= 0.3 is 0 Å². The molecule has 0 N–H and O–H groups in total. The highest BCUT2D eigenvalue weighted by atomic mass is 32.1. The Morgan fingerprint density at radius 3 is 1.68 bits per heavy atom. The van der Waals surface area contributed by atoms with Crippen molar-refractivity contribution in [2.24, 2.45) is 0 Å². The Morgan fingerprint density at radius 1 is 0.321 bits per heavy atom. The Hall–Kier alpha value is -6.68. The molecule has 2 aromatic heterocycles. The summed E-state index contributed by atoms with van der Waals surface area (Å²) in [6, 6.07) is 69.3. The van der Waals surface area contributed by atoms with Gasteiger partial charge in [-0.1, -0.05) is 158 Å². The normalized spacial score (nSPS) is 11.4. The van der Waals surface area contributed by atoms with E-state index in [4.69, 9.17) is 9.97 Å². The van der Waals surface area contributed by atoms with Crippen LogP contribution >= 0.6 is 11.3 Å². The first-order valence-electron chi connectivity index (χ1n) is 17.9. The van der Waals surface area contributed by atoms with Gasteiger partial charge in [0.25, 0.3) is 0 Å². The van der Waals surface area contributed by atoms with Crippen LogP contribution in [0.3, 0.4) is 0 Å². The third kappa shape index (κ3) is 5.78. The number of benzene rings is 8. The van der Waals surface area contributed by atoms with E-state index in [1.54, 1.807) is 0 Å². The molecule has 0 unspecified atom stereocenters. The number of nitrogens with zero attached hydrogens (tertiary/aromatic N) is 2. The summed E-state index contributed by atoms with van der Waals surface area (Å²) in [6.45, 7) is 0. The average Bonchev–Trinajstić information content (AvgIpc) is 3.63. The third-order valence-electron chi connectivity index (χ3n) is 10.1. The van der Waals surface area contributed by atoms with E-state index in [0.717, 1.165) is 39.2 Å². The fourth-order valence-corrected chi connectivity index (χ4v) is 8.71. The van der Waals surface area contributed by atoms with E-state index in [0.29, 0.717) is 5.82 Å². The summed E-state index contributed by atoms with van der Waals surface area (Å²) in [5, 5.41) is 5.05. The molecule has 0 amide bonds. The smallest absolute Gasteiger partial charge is 0.160 e. The van der Waals surface area contributed by atoms with Crippen LogP contribution in [0.4, 0.5) is 0 Å². The predicted molar refractivity (Wildman–Crippen MR) is 225 cm³/mol. The summed E-state index contributed by atoms with van der Waals surface area (Å²) in [7, 11) is 0. The van der Waals surface area contributed by atoms with E-state index < -0.39 is 0 Å². The average molecular weight is 693 g/mol. The number of rotatable bonds is 6. The molecule has 2 nitrogen and oxygen atoms in total. The van der Waals surface area contributed by atoms with Crippen LogP contribution in [-0.2, 0) is 0 Å². The SMILES string of the molecule is c1ccc(-c2cc(-c3cc(-c4ccccc4-c4ccc5ccccc5c4)cc(-c4cccc5c4sc4ccccc45)c3)nc(-c3ccccc3)n2)cc1. The van der Waals surface area contributed by atoms with E-state index in [1.165, 1.54) is 53.2 Å². The van der Waals surface area contributed by atoms with Crippen molar-refractivity contribution in [1.82, 2.24) is 9.97 Å². The molecule has 0 saturated carbocycles. The maximum atomic E-state index is 5.27. The first-order valence-corrected chi connectivity index (χ1v) is 18.7. The standard InChI is InChI=1S/C50H32N2S/c1-3-15-34(16-4-1)46-32-47(52-50(51-46)35-17-5-2-6-18-35)40-30-38(42-21-10-9-20-41(42)37-27-26-33-14-7-8-19-36(33)28-37)29-39(31-40)43-23-13-24-45-44-22-11-12-25-48(44)53-49(43)45/h1-32H. The van der Waals surface area contributed by atoms with Crippen molar-refractivity contribution in [2.45, 2.75) is 0 Å². The van der Waals surface area contributed by atoms with Gasteiger partial charge in [0.05, 0.1) is 11.4 Å². The van der Waals surface area contributed by atoms with Crippen molar-refractivity contribution in [1.29, 1.82) is 0 Å². The van der Waals surface area contributed by atoms with Crippen LogP contribution in [-0.4, -0.2) is 9.97 Å². The number of hydrogen-bond acceptors (Lipinski definition) is 3. The molecule has 0 fully saturated rings. The number of aromatic nitrogens is 2. The summed E-state index contributed by atoms with van der Waals surface area (Å²) in [5.41, 5.74) is 11.9. The molecule has 0 aliphatic rings. The van der Waals surface area contributed by atoms with Crippen LogP contribution in [0.25, 0.3) is 98.2 Å². The first kappa shape index (κ1) is 31.1. The zero-order chi connectivity index (χ0) is 35.1. The minimum atomic E-state index is 0.706. The van der Waals surface area contributed by atoms with Gasteiger partial charge in [0, 0.05) is 36.9 Å². The number of fused-ring (bicyclic) bond motifs is 4. The molecule has 0 saturated heterocycles. The second-order valence-corrected chi connectivity index (χ2v) is 14.4. The summed E-state index contributed by atoms with van der Waals surface area (Å²) < 4.78 is 2.58. The van der Waals surface area contributed by atoms with Gasteiger partial charge in [0.15, 0.2) is 5.82 Å². The Kier molecular flexibility index (Phi) is 7.71. The van der Waals surface area contributed by atoms with E-state index in [9.17, 15) is 0 Å². The molecule has 0 spiro atoms. The molecule has 0 radical (unpaired) electrons. The second kappa shape index (κ2) is 13.1. The van der Waals surface area contributed by atoms with Gasteiger partial charge in [-0.2, -0.15) is 0 Å². The molecule has 2 heterocycles. The second-order valence-electron chi connectivity index (χ2n) is 13.4. The van der Waals surface area contributed by atoms with Gasteiger partial charge in [-0.15, -0.1) is 11.3 Å². The zero-order valence-electron chi connectivity index (χ0n) is 28.8. The van der Waals surface area contributed by atoms with Crippen LogP contribution in [0.5, 0.6) is 0 Å². The molecule has 248 valence electrons. The number of hydrogen-bond donors (Lipinski definition) is 0. The van der Waals surface area contributed by atoms with Gasteiger partial charge < -0.3 is 0 Å². The van der Waals surface area contributed by atoms with Crippen LogP contribution < -0.4 is 0 Å². The largest absolute Gasteiger partial charge is 0.228 e. The van der Waals surface area contributed by atoms with Crippen LogP contribution in [0.15, 0.2) is 194 Å². The fourth-order valence-electron chi connectivity index (χ4n) is 7.47. The Morgan fingerprint density at radius 2 is 0.887 bits per heavy atom. The Labute approximate surface area is 312 Å². The quantitative estimate of drug-likeness (QED) is 0.173. The monoisotopic (exact) mass is 692 g/mol. The van der Waals surface area contributed by atoms with Crippen molar-refractivity contribution >= 4 is 42.3 Å². The van der Waals surface area contributed by atoms with E-state index >= 15 is 0 Å². The molecule has 0 bridgehead atoms. The van der Waals surface area contributed by atoms with Gasteiger partial charge in [-0.3, -0.25) is 0 Å². The lowest BCUT2D eigenvalue weighted by Crippen LogP contribution is -1.96. The lowest BCUT2D eigenvalue weighted by Gasteiger charge is -2.16. The molecule has 53 heavy (non-hydrogen) atoms. The van der Waals surface area contributed by atoms with Crippen LogP contribution in [0, 0.1) is 0 Å². The maximum Gasteiger partial charge on any atom is 0.160 e. The van der Waals surface area contributed by atoms with Gasteiger partial charge in [0.2, 0.25) is 0 Å². The minimum absolute atomic E-state index is 0.706. The highest BCUT2D eigenvalue weighted by molar-refractivity contribution is 7.26. The van der Waals surface area contributed by atoms with Crippen molar-refractivity contribution in [3.8, 4) is 67.3 Å². The molecule has 0 atom stereocenters. The Bertz CT molecular complexity index is 2890. The zero-order valence-corrected chi connectivity index (χ0v) is 29.6. The summed E-state index contributed by atoms with van der Waals surface area (Å²) in [5.74, 6) is 0.706. The van der Waals surface area contributed by atoms with E-state index in [-0.39, 0.29) is 0 Å². The van der Waals surface area contributed by atoms with Crippen molar-refractivity contribution < 1.29 is 0 Å². The first-order chi connectivity index (χ1) is 26.2. The van der Waals surface area contributed by atoms with Crippen LogP contribution in [0.1, 0.15) is 0 Å². The Balaban J connectivity index is 1.23. The summed E-state index contributed by atoms with van der Waals surface area (Å²) >= 11 is 1.86. The van der Waals surface area contributed by atoms with Crippen molar-refractivity contribution in [3.63, 3.8) is 0 Å². The van der Waals surface area contributed by atoms with Gasteiger partial charge in [0.1, 0.15) is 0 Å². The maximum absolute atomic E-state index is 5.27. The molecule has 3 heteroatoms. The van der Waals surface area contributed by atoms with E-state index in [2.05, 4.69) is 170 Å². The molecule has 10 aromatic rings. The van der Waals surface area contributed by atoms with Crippen molar-refractivity contribution in [2.75, 3.05) is 0 Å². The molecule has 8 aromatic carbocycles. The fraction of sp³-hybridized carbons (Fsp3) is 0. The predicted octanol–water partition coefficient (Wildman–Crippen LogP) is 14.0. The van der Waals surface area contributed by atoms with Crippen LogP contribution in [0.2, 0.25) is 0 Å². The third-order valence-corrected chi connectivity index (χ3v) is 11.3. The summed E-state index contributed by atoms with van der Waals surface area (Å²) in [6.07, 6.45) is 0. The lowest BCUT2D eigenvalue weighted by molar-refractivity contribution is 1.18. The molecule has 0 aliphatic carbocycles. The highest BCUT2D eigenvalue weighted by Gasteiger charge is 2.17. The number of thiophene rings is 1. The topological polar surface area (TPSA) is 25.8 Å². The lowest BCUT2D eigenvalue weighted by atomic mass is 9.89. The molecular formula is C50H32N2S. The highest BCUT2D eigenvalue weighted by Crippen LogP contribution is 2.43. The van der Waals surface area contributed by atoms with Gasteiger partial charge in [-0.25, -0.2) is 9.97 Å². The molecule has 10 rings (SSSR count). The van der Waals surface area contributed by atoms with Gasteiger partial charge in [-0.05, 0) is 80.6 Å². The molecule has 0 aliphatic heterocycles.